The fourth-order valence-corrected chi connectivity index (χ4v) is 2.72. The van der Waals surface area contributed by atoms with Gasteiger partial charge in [0.25, 0.3) is 0 Å². The third kappa shape index (κ3) is 8.57. The molecule has 25 heavy (non-hydrogen) atoms. The van der Waals surface area contributed by atoms with E-state index in [1.807, 2.05) is 30.3 Å². The molecule has 3 atom stereocenters. The highest BCUT2D eigenvalue weighted by atomic mass is 35.5. The van der Waals surface area contributed by atoms with Gasteiger partial charge in [0, 0.05) is 13.0 Å². The molecule has 10 heteroatoms. The van der Waals surface area contributed by atoms with Crippen molar-refractivity contribution in [3.05, 3.63) is 35.9 Å². The van der Waals surface area contributed by atoms with E-state index in [0.717, 1.165) is 5.56 Å². The van der Waals surface area contributed by atoms with Crippen LogP contribution in [0.4, 0.5) is 0 Å². The summed E-state index contributed by atoms with van der Waals surface area (Å²) in [6.45, 7) is 0.422. The Kier molecular flexibility index (Phi) is 9.04. The third-order valence-electron chi connectivity index (χ3n) is 3.11. The number of carboxylic acid groups (broad SMARTS) is 1. The zero-order valence-electron chi connectivity index (χ0n) is 13.4. The summed E-state index contributed by atoms with van der Waals surface area (Å²) >= 11 is 11.9. The number of aliphatic imine (C=N–C) groups is 1. The smallest absolute Gasteiger partial charge is 0.327 e. The summed E-state index contributed by atoms with van der Waals surface area (Å²) in [5.41, 5.74) is 10.5. The summed E-state index contributed by atoms with van der Waals surface area (Å²) in [4.78, 5) is 26.9. The zero-order valence-corrected chi connectivity index (χ0v) is 14.9. The highest BCUT2D eigenvalue weighted by Crippen LogP contribution is 2.16. The predicted molar refractivity (Wildman–Crippen MR) is 97.4 cm³/mol. The highest BCUT2D eigenvalue weighted by Gasteiger charge is 2.29. The average molecular weight is 390 g/mol. The summed E-state index contributed by atoms with van der Waals surface area (Å²) in [5, 5.41) is 13.5. The van der Waals surface area contributed by atoms with Crippen molar-refractivity contribution >= 4 is 41.0 Å². The number of nitrogens with one attached hydrogen (secondary N) is 2. The van der Waals surface area contributed by atoms with Crippen LogP contribution in [0.1, 0.15) is 12.0 Å². The van der Waals surface area contributed by atoms with Crippen molar-refractivity contribution in [1.82, 2.24) is 10.6 Å². The number of carbonyl (C=O) groups excluding carboxylic acids is 1. The normalized spacial score (nSPS) is 14.2. The molecule has 0 bridgehead atoms. The van der Waals surface area contributed by atoms with E-state index in [0.29, 0.717) is 6.54 Å². The van der Waals surface area contributed by atoms with Crippen LogP contribution in [0.25, 0.3) is 0 Å². The quantitative estimate of drug-likeness (QED) is 0.167. The number of nitrogens with zero attached hydrogens (tertiary/aromatic N) is 1. The maximum absolute atomic E-state index is 11.9. The molecule has 0 heterocycles. The number of rotatable bonds is 10. The van der Waals surface area contributed by atoms with Crippen LogP contribution in [0.15, 0.2) is 35.3 Å². The molecule has 0 fully saturated rings. The van der Waals surface area contributed by atoms with Crippen molar-refractivity contribution < 1.29 is 14.7 Å². The fraction of sp³-hybridized carbons (Fsp3) is 0.400. The van der Waals surface area contributed by atoms with E-state index in [9.17, 15) is 14.7 Å². The maximum Gasteiger partial charge on any atom is 0.327 e. The van der Waals surface area contributed by atoms with Gasteiger partial charge in [0.05, 0.1) is 11.9 Å². The van der Waals surface area contributed by atoms with Crippen molar-refractivity contribution in [1.29, 1.82) is 0 Å². The van der Waals surface area contributed by atoms with Crippen LogP contribution in [0.5, 0.6) is 0 Å². The van der Waals surface area contributed by atoms with Crippen LogP contribution in [0, 0.1) is 0 Å². The van der Waals surface area contributed by atoms with Crippen LogP contribution >= 0.6 is 23.2 Å². The number of alkyl halides is 2. The number of aliphatic carboxylic acids is 1. The van der Waals surface area contributed by atoms with E-state index in [4.69, 9.17) is 34.7 Å². The first kappa shape index (κ1) is 21.0. The molecule has 7 N–H and O–H groups in total. The number of hydrogen-bond acceptors (Lipinski definition) is 4. The number of carboxylic acids is 1. The molecule has 0 aliphatic rings. The van der Waals surface area contributed by atoms with Gasteiger partial charge in [-0.1, -0.05) is 41.9 Å². The molecule has 1 rings (SSSR count). The van der Waals surface area contributed by atoms with Gasteiger partial charge in [-0.05, 0) is 5.56 Å². The lowest BCUT2D eigenvalue weighted by Gasteiger charge is -2.20. The van der Waals surface area contributed by atoms with Crippen molar-refractivity contribution in [3.8, 4) is 0 Å². The molecule has 0 spiro atoms. The number of benzene rings is 1. The average Bonchev–Trinajstić information content (AvgIpc) is 2.52. The lowest BCUT2D eigenvalue weighted by Crippen LogP contribution is -2.49. The SMILES string of the molecule is NC(N)=NC(Cl)CC(Cl)[C@H](NC(=O)CNCc1ccccc1)C(=O)O. The van der Waals surface area contributed by atoms with E-state index >= 15 is 0 Å². The molecule has 0 radical (unpaired) electrons. The Bertz CT molecular complexity index is 596. The molecule has 138 valence electrons. The Morgan fingerprint density at radius 2 is 1.84 bits per heavy atom. The van der Waals surface area contributed by atoms with Gasteiger partial charge in [-0.25, -0.2) is 9.79 Å². The van der Waals surface area contributed by atoms with Crippen molar-refractivity contribution in [2.24, 2.45) is 16.5 Å². The van der Waals surface area contributed by atoms with Crippen molar-refractivity contribution in [2.45, 2.75) is 29.9 Å². The molecule has 0 aromatic heterocycles. The van der Waals surface area contributed by atoms with E-state index in [2.05, 4.69) is 15.6 Å². The fourth-order valence-electron chi connectivity index (χ4n) is 1.98. The molecule has 0 aliphatic carbocycles. The van der Waals surface area contributed by atoms with E-state index in [1.54, 1.807) is 0 Å². The zero-order chi connectivity index (χ0) is 18.8. The van der Waals surface area contributed by atoms with Gasteiger partial charge < -0.3 is 27.2 Å². The molecule has 2 unspecified atom stereocenters. The minimum absolute atomic E-state index is 0.0320. The van der Waals surface area contributed by atoms with E-state index in [1.165, 1.54) is 0 Å². The summed E-state index contributed by atoms with van der Waals surface area (Å²) in [7, 11) is 0. The molecule has 0 saturated heterocycles. The van der Waals surface area contributed by atoms with Crippen LogP contribution in [0.3, 0.4) is 0 Å². The monoisotopic (exact) mass is 389 g/mol. The number of halogens is 2. The molecule has 8 nitrogen and oxygen atoms in total. The van der Waals surface area contributed by atoms with Crippen molar-refractivity contribution in [3.63, 3.8) is 0 Å². The number of hydrogen-bond donors (Lipinski definition) is 5. The predicted octanol–water partition coefficient (Wildman–Crippen LogP) is 0.181. The number of nitrogens with two attached hydrogens (primary N) is 2. The molecule has 1 aromatic carbocycles. The largest absolute Gasteiger partial charge is 0.480 e. The molecular weight excluding hydrogens is 369 g/mol. The Balaban J connectivity index is 2.48. The summed E-state index contributed by atoms with van der Waals surface area (Å²) < 4.78 is 0. The summed E-state index contributed by atoms with van der Waals surface area (Å²) in [5.74, 6) is -2.00. The first-order chi connectivity index (χ1) is 11.8. The van der Waals surface area contributed by atoms with E-state index < -0.39 is 28.8 Å². The third-order valence-corrected chi connectivity index (χ3v) is 3.82. The van der Waals surface area contributed by atoms with E-state index in [-0.39, 0.29) is 18.9 Å². The van der Waals surface area contributed by atoms with Crippen LogP contribution in [-0.4, -0.2) is 46.4 Å². The molecule has 0 saturated carbocycles. The minimum Gasteiger partial charge on any atom is -0.480 e. The number of guanidine groups is 1. The van der Waals surface area contributed by atoms with Crippen LogP contribution in [0.2, 0.25) is 0 Å². The van der Waals surface area contributed by atoms with Gasteiger partial charge in [0.1, 0.15) is 11.5 Å². The van der Waals surface area contributed by atoms with Gasteiger partial charge in [-0.15, -0.1) is 11.6 Å². The topological polar surface area (TPSA) is 143 Å². The molecule has 1 aromatic rings. The Morgan fingerprint density at radius 3 is 2.40 bits per heavy atom. The summed E-state index contributed by atoms with van der Waals surface area (Å²) in [6.07, 6.45) is -0.0320. The second-order valence-corrected chi connectivity index (χ2v) is 6.28. The lowest BCUT2D eigenvalue weighted by molar-refractivity contribution is -0.141. The first-order valence-corrected chi connectivity index (χ1v) is 8.30. The van der Waals surface area contributed by atoms with Gasteiger partial charge in [-0.3, -0.25) is 4.79 Å². The number of amides is 1. The minimum atomic E-state index is -1.32. The van der Waals surface area contributed by atoms with Gasteiger partial charge in [0.15, 0.2) is 5.96 Å². The van der Waals surface area contributed by atoms with Gasteiger partial charge >= 0.3 is 5.97 Å². The Hall–Kier alpha value is -2.03. The Labute approximate surface area is 155 Å². The highest BCUT2D eigenvalue weighted by molar-refractivity contribution is 6.25. The second-order valence-electron chi connectivity index (χ2n) is 5.21. The second kappa shape index (κ2) is 10.8. The molecule has 1 amide bonds. The Morgan fingerprint density at radius 1 is 1.20 bits per heavy atom. The maximum atomic E-state index is 11.9. The molecule has 0 aliphatic heterocycles. The first-order valence-electron chi connectivity index (χ1n) is 7.43. The van der Waals surface area contributed by atoms with Crippen molar-refractivity contribution in [2.75, 3.05) is 6.54 Å². The number of carbonyl (C=O) groups is 2. The lowest BCUT2D eigenvalue weighted by atomic mass is 10.1. The van der Waals surface area contributed by atoms with Crippen LogP contribution < -0.4 is 22.1 Å². The van der Waals surface area contributed by atoms with Gasteiger partial charge in [0.2, 0.25) is 5.91 Å². The van der Waals surface area contributed by atoms with Crippen LogP contribution in [-0.2, 0) is 16.1 Å². The van der Waals surface area contributed by atoms with Gasteiger partial charge in [-0.2, -0.15) is 0 Å². The summed E-state index contributed by atoms with van der Waals surface area (Å²) in [6, 6.07) is 8.15. The molecular formula is C15H21Cl2N5O3. The standard InChI is InChI=1S/C15H21Cl2N5O3/c16-10(6-11(17)21-15(18)19)13(14(24)25)22-12(23)8-20-7-9-4-2-1-3-5-9/h1-5,10-11,13,20H,6-8H2,(H,22,23)(H,24,25)(H4,18,19,21)/t10?,11?,13-/m0/s1.